The van der Waals surface area contributed by atoms with E-state index in [4.69, 9.17) is 20.6 Å². The Bertz CT molecular complexity index is 1470. The fourth-order valence-electron chi connectivity index (χ4n) is 3.90. The maximum atomic E-state index is 14.8. The van der Waals surface area contributed by atoms with E-state index in [0.29, 0.717) is 11.1 Å². The third kappa shape index (κ3) is 7.69. The second-order valence-corrected chi connectivity index (χ2v) is 12.4. The highest BCUT2D eigenvalue weighted by molar-refractivity contribution is 7.55. The Balaban J connectivity index is 1.73. The molecule has 0 heterocycles. The normalized spacial score (nSPS) is 12.1. The molecule has 0 fully saturated rings. The Morgan fingerprint density at radius 2 is 1.22 bits per heavy atom. The number of urea groups is 1. The molecule has 0 spiro atoms. The molecule has 41 heavy (non-hydrogen) atoms. The van der Waals surface area contributed by atoms with Crippen molar-refractivity contribution < 1.29 is 23.2 Å². The van der Waals surface area contributed by atoms with E-state index in [9.17, 15) is 14.2 Å². The van der Waals surface area contributed by atoms with Gasteiger partial charge in [0, 0.05) is 16.1 Å². The van der Waals surface area contributed by atoms with E-state index in [1.54, 1.807) is 136 Å². The summed E-state index contributed by atoms with van der Waals surface area (Å²) >= 11 is 6.55. The van der Waals surface area contributed by atoms with Crippen molar-refractivity contribution in [2.45, 2.75) is 32.1 Å². The second-order valence-electron chi connectivity index (χ2n) is 10.0. The van der Waals surface area contributed by atoms with Gasteiger partial charge < -0.3 is 14.4 Å². The number of benzene rings is 4. The van der Waals surface area contributed by atoms with Crippen LogP contribution < -0.4 is 19.8 Å². The van der Waals surface area contributed by atoms with E-state index >= 15 is 0 Å². The zero-order valence-corrected chi connectivity index (χ0v) is 24.5. The Kier molecular flexibility index (Phi) is 9.38. The van der Waals surface area contributed by atoms with Crippen molar-refractivity contribution in [2.75, 3.05) is 0 Å². The molecule has 3 amide bonds. The third-order valence-corrected chi connectivity index (χ3v) is 8.16. The van der Waals surface area contributed by atoms with E-state index in [1.165, 1.54) is 5.01 Å². The highest BCUT2D eigenvalue weighted by Gasteiger charge is 2.43. The minimum atomic E-state index is -4.30. The van der Waals surface area contributed by atoms with Crippen molar-refractivity contribution in [2.24, 2.45) is 0 Å². The Morgan fingerprint density at radius 3 is 1.71 bits per heavy atom. The Hall–Kier alpha value is -4.26. The summed E-state index contributed by atoms with van der Waals surface area (Å²) < 4.78 is 26.8. The molecule has 4 rings (SSSR count). The fraction of sp³-hybridized carbons (Fsp3) is 0.161. The molecule has 4 aromatic rings. The number of nitrogens with zero attached hydrogens (tertiary/aromatic N) is 1. The highest BCUT2D eigenvalue weighted by atomic mass is 35.5. The van der Waals surface area contributed by atoms with Crippen LogP contribution in [0.5, 0.6) is 11.5 Å². The molecule has 212 valence electrons. The lowest BCUT2D eigenvalue weighted by molar-refractivity contribution is 0.0449. The van der Waals surface area contributed by atoms with Crippen molar-refractivity contribution in [3.05, 3.63) is 131 Å². The van der Waals surface area contributed by atoms with E-state index in [2.05, 4.69) is 10.7 Å². The molecule has 0 saturated carbocycles. The van der Waals surface area contributed by atoms with Crippen molar-refractivity contribution in [3.63, 3.8) is 0 Å². The number of rotatable bonds is 8. The molecule has 0 bridgehead atoms. The highest BCUT2D eigenvalue weighted by Crippen LogP contribution is 2.59. The lowest BCUT2D eigenvalue weighted by atomic mass is 10.1. The quantitative estimate of drug-likeness (QED) is 0.161. The van der Waals surface area contributed by atoms with E-state index < -0.39 is 30.9 Å². The number of nitrogens with one attached hydrogen (secondary N) is 2. The summed E-state index contributed by atoms with van der Waals surface area (Å²) in [6, 6.07) is 31.4. The molecule has 0 saturated heterocycles. The molecule has 2 N–H and O–H groups in total. The number of hydrazine groups is 1. The van der Waals surface area contributed by atoms with Crippen LogP contribution in [0.15, 0.2) is 115 Å². The first-order valence-corrected chi connectivity index (χ1v) is 14.9. The van der Waals surface area contributed by atoms with Crippen LogP contribution in [0, 0.1) is 0 Å². The number of para-hydroxylation sites is 2. The topological polar surface area (TPSA) is 97.0 Å². The number of amides is 3. The summed E-state index contributed by atoms with van der Waals surface area (Å²) in [6.45, 7) is 5.34. The van der Waals surface area contributed by atoms with Gasteiger partial charge in [0.2, 0.25) is 0 Å². The van der Waals surface area contributed by atoms with Crippen molar-refractivity contribution in [1.82, 2.24) is 15.8 Å². The maximum Gasteiger partial charge on any atom is 0.457 e. The standard InChI is InChI=1S/C31H31ClN3O5P/c1-31(2,3)35(29(36)23-15-7-4-8-16-23)34-30(37)33-28(26-21-13-14-22-27(26)32)41(38,39-24-17-9-5-10-18-24)40-25-19-11-6-12-20-25/h4-22,28H,1-3H3,(H2,33,34,37)/t28-/m0/s1. The average Bonchev–Trinajstić information content (AvgIpc) is 2.95. The van der Waals surface area contributed by atoms with Gasteiger partial charge in [-0.2, -0.15) is 0 Å². The van der Waals surface area contributed by atoms with Crippen LogP contribution in [-0.4, -0.2) is 22.5 Å². The number of carbonyl (C=O) groups is 2. The van der Waals surface area contributed by atoms with Crippen molar-refractivity contribution in [3.8, 4) is 11.5 Å². The SMILES string of the molecule is CC(C)(C)N(NC(=O)N[C@H](c1ccccc1Cl)P(=O)(Oc1ccccc1)Oc1ccccc1)C(=O)c1ccccc1. The number of hydrogen-bond donors (Lipinski definition) is 2. The summed E-state index contributed by atoms with van der Waals surface area (Å²) in [5.74, 6) is -1.26. The molecule has 1 atom stereocenters. The van der Waals surface area contributed by atoms with E-state index in [0.717, 1.165) is 0 Å². The molecule has 0 unspecified atom stereocenters. The Morgan fingerprint density at radius 1 is 0.756 bits per heavy atom. The first kappa shape index (κ1) is 29.7. The lowest BCUT2D eigenvalue weighted by Gasteiger charge is -2.36. The van der Waals surface area contributed by atoms with Gasteiger partial charge in [0.15, 0.2) is 5.78 Å². The molecule has 0 aliphatic heterocycles. The summed E-state index contributed by atoms with van der Waals surface area (Å²) in [4.78, 5) is 27.0. The molecule has 0 aliphatic carbocycles. The first-order chi connectivity index (χ1) is 19.6. The van der Waals surface area contributed by atoms with Crippen LogP contribution in [0.2, 0.25) is 5.02 Å². The van der Waals surface area contributed by atoms with Crippen molar-refractivity contribution in [1.29, 1.82) is 0 Å². The van der Waals surface area contributed by atoms with Gasteiger partial charge >= 0.3 is 13.6 Å². The summed E-state index contributed by atoms with van der Waals surface area (Å²) in [5.41, 5.74) is 2.51. The number of carbonyl (C=O) groups excluding carboxylic acids is 2. The molecule has 8 nitrogen and oxygen atoms in total. The van der Waals surface area contributed by atoms with Crippen LogP contribution >= 0.6 is 19.2 Å². The van der Waals surface area contributed by atoms with Gasteiger partial charge in [0.05, 0.1) is 5.54 Å². The van der Waals surface area contributed by atoms with Gasteiger partial charge in [-0.05, 0) is 63.2 Å². The monoisotopic (exact) mass is 591 g/mol. The minimum Gasteiger partial charge on any atom is -0.414 e. The van der Waals surface area contributed by atoms with Crippen LogP contribution in [0.4, 0.5) is 4.79 Å². The zero-order chi connectivity index (χ0) is 29.5. The van der Waals surface area contributed by atoms with Gasteiger partial charge in [0.1, 0.15) is 11.5 Å². The van der Waals surface area contributed by atoms with E-state index in [1.807, 2.05) is 0 Å². The second kappa shape index (κ2) is 12.9. The van der Waals surface area contributed by atoms with Gasteiger partial charge in [-0.15, -0.1) is 0 Å². The van der Waals surface area contributed by atoms with Gasteiger partial charge in [-0.25, -0.2) is 19.8 Å². The maximum absolute atomic E-state index is 14.8. The molecular formula is C31H31ClN3O5P. The smallest absolute Gasteiger partial charge is 0.414 e. The van der Waals surface area contributed by atoms with Crippen LogP contribution in [0.25, 0.3) is 0 Å². The molecule has 0 aromatic heterocycles. The summed E-state index contributed by atoms with van der Waals surface area (Å²) in [5, 5.41) is 4.17. The molecule has 0 radical (unpaired) electrons. The predicted octanol–water partition coefficient (Wildman–Crippen LogP) is 7.84. The number of halogens is 1. The van der Waals surface area contributed by atoms with E-state index in [-0.39, 0.29) is 16.5 Å². The summed E-state index contributed by atoms with van der Waals surface area (Å²) in [6.07, 6.45) is 0. The predicted molar refractivity (Wildman–Crippen MR) is 160 cm³/mol. The van der Waals surface area contributed by atoms with Crippen LogP contribution in [-0.2, 0) is 4.57 Å². The van der Waals surface area contributed by atoms with Gasteiger partial charge in [-0.3, -0.25) is 4.79 Å². The molecule has 10 heteroatoms. The average molecular weight is 592 g/mol. The Labute approximate surface area is 244 Å². The van der Waals surface area contributed by atoms with Crippen molar-refractivity contribution >= 4 is 31.1 Å². The lowest BCUT2D eigenvalue weighted by Crippen LogP contribution is -2.58. The largest absolute Gasteiger partial charge is 0.457 e. The zero-order valence-electron chi connectivity index (χ0n) is 22.9. The van der Waals surface area contributed by atoms with Gasteiger partial charge in [0.25, 0.3) is 5.91 Å². The minimum absolute atomic E-state index is 0.236. The molecule has 4 aromatic carbocycles. The van der Waals surface area contributed by atoms with Gasteiger partial charge in [-0.1, -0.05) is 84.4 Å². The first-order valence-electron chi connectivity index (χ1n) is 12.9. The molecule has 0 aliphatic rings. The molecular weight excluding hydrogens is 561 g/mol. The van der Waals surface area contributed by atoms with Crippen LogP contribution in [0.1, 0.15) is 42.5 Å². The third-order valence-electron chi connectivity index (χ3n) is 5.84. The number of hydrogen-bond acceptors (Lipinski definition) is 5. The van der Waals surface area contributed by atoms with Crippen LogP contribution in [0.3, 0.4) is 0 Å². The summed E-state index contributed by atoms with van der Waals surface area (Å²) in [7, 11) is -4.30. The fourth-order valence-corrected chi connectivity index (χ4v) is 6.14.